The molecule has 0 radical (unpaired) electrons. The van der Waals surface area contributed by atoms with Gasteiger partial charge >= 0.3 is 0 Å². The molecule has 0 aromatic carbocycles. The molecule has 98 valence electrons. The van der Waals surface area contributed by atoms with Crippen LogP contribution in [0.5, 0.6) is 0 Å². The van der Waals surface area contributed by atoms with Crippen molar-refractivity contribution in [2.75, 3.05) is 13.2 Å². The first-order chi connectivity index (χ1) is 7.91. The molecule has 0 N–H and O–H groups in total. The molecule has 0 aliphatic rings. The van der Waals surface area contributed by atoms with Crippen LogP contribution in [-0.2, 0) is 4.74 Å². The van der Waals surface area contributed by atoms with E-state index in [0.29, 0.717) is 0 Å². The van der Waals surface area contributed by atoms with Crippen molar-refractivity contribution in [3.8, 4) is 0 Å². The second-order valence-corrected chi connectivity index (χ2v) is 4.73. The fourth-order valence-corrected chi connectivity index (χ4v) is 2.01. The summed E-state index contributed by atoms with van der Waals surface area (Å²) in [5.74, 6) is 0. The summed E-state index contributed by atoms with van der Waals surface area (Å²) in [5.41, 5.74) is 0. The molecule has 0 fully saturated rings. The molecule has 0 rings (SSSR count). The highest BCUT2D eigenvalue weighted by atomic mass is 16.5. The molecule has 0 atom stereocenters. The van der Waals surface area contributed by atoms with E-state index in [9.17, 15) is 0 Å². The maximum Gasteiger partial charge on any atom is 0.0465 e. The Bertz CT molecular complexity index is 98.0. The molecular weight excluding hydrogens is 196 g/mol. The van der Waals surface area contributed by atoms with Crippen LogP contribution in [0.25, 0.3) is 0 Å². The molecule has 1 heteroatoms. The van der Waals surface area contributed by atoms with Crippen molar-refractivity contribution in [2.45, 2.75) is 84.5 Å². The number of hydrogen-bond donors (Lipinski definition) is 0. The lowest BCUT2D eigenvalue weighted by molar-refractivity contribution is 0.143. The van der Waals surface area contributed by atoms with E-state index in [4.69, 9.17) is 4.74 Å². The van der Waals surface area contributed by atoms with Crippen molar-refractivity contribution >= 4 is 0 Å². The molecule has 0 aliphatic carbocycles. The average molecular weight is 228 g/mol. The van der Waals surface area contributed by atoms with Crippen LogP contribution in [0.2, 0.25) is 0 Å². The maximum atomic E-state index is 5.32. The summed E-state index contributed by atoms with van der Waals surface area (Å²) < 4.78 is 5.32. The molecule has 1 nitrogen and oxygen atoms in total. The van der Waals surface area contributed by atoms with Crippen LogP contribution in [0.1, 0.15) is 84.5 Å². The Kier molecular flexibility index (Phi) is 14.9. The topological polar surface area (TPSA) is 9.23 Å². The molecule has 0 heterocycles. The van der Waals surface area contributed by atoms with Gasteiger partial charge in [0.05, 0.1) is 0 Å². The van der Waals surface area contributed by atoms with E-state index in [1.54, 1.807) is 0 Å². The van der Waals surface area contributed by atoms with Crippen LogP contribution >= 0.6 is 0 Å². The van der Waals surface area contributed by atoms with E-state index in [1.807, 2.05) is 0 Å². The maximum absolute atomic E-state index is 5.32. The minimum atomic E-state index is 0.873. The van der Waals surface area contributed by atoms with Crippen LogP contribution in [0.3, 0.4) is 0 Å². The highest BCUT2D eigenvalue weighted by Crippen LogP contribution is 2.11. The minimum absolute atomic E-state index is 0.873. The molecule has 0 bridgehead atoms. The zero-order valence-electron chi connectivity index (χ0n) is 11.6. The third-order valence-corrected chi connectivity index (χ3v) is 3.10. The number of ether oxygens (including phenoxy) is 1. The van der Waals surface area contributed by atoms with Gasteiger partial charge in [0.15, 0.2) is 0 Å². The molecular formula is C15H32O. The Labute approximate surface area is 103 Å². The van der Waals surface area contributed by atoms with E-state index in [1.165, 1.54) is 70.6 Å². The standard InChI is InChI=1S/C15H32O/c1-3-5-6-7-8-9-10-11-12-13-14-15-16-4-2/h3-15H2,1-2H3. The molecule has 0 amide bonds. The van der Waals surface area contributed by atoms with Crippen LogP contribution in [0.15, 0.2) is 0 Å². The lowest BCUT2D eigenvalue weighted by Crippen LogP contribution is -1.92. The predicted molar refractivity (Wildman–Crippen MR) is 73.0 cm³/mol. The minimum Gasteiger partial charge on any atom is -0.382 e. The largest absolute Gasteiger partial charge is 0.382 e. The highest BCUT2D eigenvalue weighted by molar-refractivity contribution is 4.47. The van der Waals surface area contributed by atoms with Gasteiger partial charge in [-0.15, -0.1) is 0 Å². The Morgan fingerprint density at radius 2 is 1.00 bits per heavy atom. The summed E-state index contributed by atoms with van der Waals surface area (Å²) in [6, 6.07) is 0. The summed E-state index contributed by atoms with van der Waals surface area (Å²) in [4.78, 5) is 0. The molecule has 0 unspecified atom stereocenters. The van der Waals surface area contributed by atoms with Crippen molar-refractivity contribution in [1.29, 1.82) is 0 Å². The van der Waals surface area contributed by atoms with Crippen molar-refractivity contribution in [3.63, 3.8) is 0 Å². The van der Waals surface area contributed by atoms with Gasteiger partial charge in [-0.25, -0.2) is 0 Å². The highest BCUT2D eigenvalue weighted by Gasteiger charge is 1.92. The summed E-state index contributed by atoms with van der Waals surface area (Å²) in [7, 11) is 0. The summed E-state index contributed by atoms with van der Waals surface area (Å²) >= 11 is 0. The van der Waals surface area contributed by atoms with Crippen LogP contribution in [0, 0.1) is 0 Å². The monoisotopic (exact) mass is 228 g/mol. The number of hydrogen-bond acceptors (Lipinski definition) is 1. The van der Waals surface area contributed by atoms with Gasteiger partial charge in [0.1, 0.15) is 0 Å². The van der Waals surface area contributed by atoms with E-state index in [-0.39, 0.29) is 0 Å². The average Bonchev–Trinajstić information content (AvgIpc) is 2.31. The molecule has 16 heavy (non-hydrogen) atoms. The van der Waals surface area contributed by atoms with E-state index in [2.05, 4.69) is 13.8 Å². The summed E-state index contributed by atoms with van der Waals surface area (Å²) in [5, 5.41) is 0. The van der Waals surface area contributed by atoms with Crippen molar-refractivity contribution in [1.82, 2.24) is 0 Å². The van der Waals surface area contributed by atoms with Crippen molar-refractivity contribution < 1.29 is 4.74 Å². The van der Waals surface area contributed by atoms with Crippen LogP contribution in [0.4, 0.5) is 0 Å². The van der Waals surface area contributed by atoms with Crippen molar-refractivity contribution in [2.24, 2.45) is 0 Å². The van der Waals surface area contributed by atoms with E-state index < -0.39 is 0 Å². The molecule has 0 aromatic heterocycles. The predicted octanol–water partition coefficient (Wildman–Crippen LogP) is 5.33. The van der Waals surface area contributed by atoms with Crippen LogP contribution < -0.4 is 0 Å². The van der Waals surface area contributed by atoms with E-state index in [0.717, 1.165) is 13.2 Å². The van der Waals surface area contributed by atoms with Gasteiger partial charge in [0.2, 0.25) is 0 Å². The number of unbranched alkanes of at least 4 members (excludes halogenated alkanes) is 10. The Morgan fingerprint density at radius 1 is 0.562 bits per heavy atom. The Balaban J connectivity index is 2.83. The summed E-state index contributed by atoms with van der Waals surface area (Å²) in [6.07, 6.45) is 15.5. The van der Waals surface area contributed by atoms with Gasteiger partial charge in [-0.1, -0.05) is 71.1 Å². The lowest BCUT2D eigenvalue weighted by Gasteiger charge is -2.02. The Hall–Kier alpha value is -0.0400. The van der Waals surface area contributed by atoms with Gasteiger partial charge in [-0.3, -0.25) is 0 Å². The zero-order chi connectivity index (χ0) is 11.9. The molecule has 0 spiro atoms. The van der Waals surface area contributed by atoms with Gasteiger partial charge < -0.3 is 4.74 Å². The number of rotatable bonds is 13. The van der Waals surface area contributed by atoms with Gasteiger partial charge in [-0.05, 0) is 13.3 Å². The Morgan fingerprint density at radius 3 is 1.44 bits per heavy atom. The van der Waals surface area contributed by atoms with Gasteiger partial charge in [-0.2, -0.15) is 0 Å². The first kappa shape index (κ1) is 16.0. The smallest absolute Gasteiger partial charge is 0.0465 e. The second-order valence-electron chi connectivity index (χ2n) is 4.73. The van der Waals surface area contributed by atoms with E-state index >= 15 is 0 Å². The normalized spacial score (nSPS) is 10.9. The fourth-order valence-electron chi connectivity index (χ4n) is 2.01. The van der Waals surface area contributed by atoms with Crippen LogP contribution in [-0.4, -0.2) is 13.2 Å². The quantitative estimate of drug-likeness (QED) is 0.387. The van der Waals surface area contributed by atoms with Crippen molar-refractivity contribution in [3.05, 3.63) is 0 Å². The first-order valence-electron chi connectivity index (χ1n) is 7.49. The lowest BCUT2D eigenvalue weighted by atomic mass is 10.1. The zero-order valence-corrected chi connectivity index (χ0v) is 11.6. The SMILES string of the molecule is CCCCCCCCCCCCCOCC. The molecule has 0 saturated carbocycles. The van der Waals surface area contributed by atoms with Gasteiger partial charge in [0, 0.05) is 13.2 Å². The van der Waals surface area contributed by atoms with Gasteiger partial charge in [0.25, 0.3) is 0 Å². The third-order valence-electron chi connectivity index (χ3n) is 3.10. The fraction of sp³-hybridized carbons (Fsp3) is 1.00. The molecule has 0 saturated heterocycles. The molecule has 0 aromatic rings. The third kappa shape index (κ3) is 14.0. The second kappa shape index (κ2) is 15.0. The molecule has 0 aliphatic heterocycles. The first-order valence-corrected chi connectivity index (χ1v) is 7.49. The summed E-state index contributed by atoms with van der Waals surface area (Å²) in [6.45, 7) is 6.19.